The Kier molecular flexibility index (Phi) is 5.01. The molecule has 5 nitrogen and oxygen atoms in total. The monoisotopic (exact) mass is 337 g/mol. The van der Waals surface area contributed by atoms with E-state index in [1.165, 1.54) is 0 Å². The second-order valence-electron chi connectivity index (χ2n) is 6.61. The van der Waals surface area contributed by atoms with Gasteiger partial charge in [0, 0.05) is 5.56 Å². The first-order valence-electron chi connectivity index (χ1n) is 7.74. The average molecular weight is 338 g/mol. The van der Waals surface area contributed by atoms with E-state index in [1.54, 1.807) is 7.11 Å². The van der Waals surface area contributed by atoms with E-state index in [4.69, 9.17) is 15.0 Å². The van der Waals surface area contributed by atoms with Crippen LogP contribution in [0.1, 0.15) is 56.8 Å². The van der Waals surface area contributed by atoms with E-state index < -0.39 is 11.0 Å². The van der Waals surface area contributed by atoms with Gasteiger partial charge in [0.25, 0.3) is 0 Å². The first-order chi connectivity index (χ1) is 10.5. The van der Waals surface area contributed by atoms with Gasteiger partial charge in [-0.3, -0.25) is 0 Å². The van der Waals surface area contributed by atoms with Crippen LogP contribution < -0.4 is 10.5 Å². The molecule has 1 aromatic heterocycles. The molecule has 6 heteroatoms. The summed E-state index contributed by atoms with van der Waals surface area (Å²) in [7, 11) is 1.67. The zero-order valence-electron chi connectivity index (χ0n) is 13.8. The van der Waals surface area contributed by atoms with Crippen molar-refractivity contribution in [3.05, 3.63) is 41.5 Å². The Balaban J connectivity index is 0.00000192. The van der Waals surface area contributed by atoms with Gasteiger partial charge in [-0.25, -0.2) is 0 Å². The highest BCUT2D eigenvalue weighted by atomic mass is 35.5. The van der Waals surface area contributed by atoms with Gasteiger partial charge in [0.15, 0.2) is 5.82 Å². The van der Waals surface area contributed by atoms with Crippen molar-refractivity contribution >= 4 is 12.4 Å². The highest BCUT2D eigenvalue weighted by molar-refractivity contribution is 5.85. The predicted molar refractivity (Wildman–Crippen MR) is 91.0 cm³/mol. The summed E-state index contributed by atoms with van der Waals surface area (Å²) in [5.41, 5.74) is 6.57. The molecule has 0 aliphatic heterocycles. The van der Waals surface area contributed by atoms with Gasteiger partial charge in [0.1, 0.15) is 5.75 Å². The molecular weight excluding hydrogens is 314 g/mol. The summed E-state index contributed by atoms with van der Waals surface area (Å²) >= 11 is 0. The van der Waals surface area contributed by atoms with Crippen LogP contribution in [0.3, 0.4) is 0 Å². The summed E-state index contributed by atoms with van der Waals surface area (Å²) in [4.78, 5) is 4.63. The molecule has 1 saturated carbocycles. The lowest BCUT2D eigenvalue weighted by atomic mass is 9.83. The number of rotatable bonds is 4. The molecule has 0 amide bonds. The van der Waals surface area contributed by atoms with Crippen molar-refractivity contribution < 1.29 is 9.26 Å². The Labute approximate surface area is 143 Å². The van der Waals surface area contributed by atoms with Crippen LogP contribution in [0.2, 0.25) is 0 Å². The third kappa shape index (κ3) is 3.08. The maximum Gasteiger partial charge on any atom is 0.236 e. The van der Waals surface area contributed by atoms with Crippen LogP contribution in [0.4, 0.5) is 0 Å². The number of aromatic nitrogens is 2. The molecule has 0 radical (unpaired) electrons. The minimum absolute atomic E-state index is 0. The largest absolute Gasteiger partial charge is 0.496 e. The van der Waals surface area contributed by atoms with Gasteiger partial charge in [-0.15, -0.1) is 12.4 Å². The van der Waals surface area contributed by atoms with E-state index in [-0.39, 0.29) is 12.4 Å². The number of hydrogen-bond acceptors (Lipinski definition) is 5. The van der Waals surface area contributed by atoms with Crippen molar-refractivity contribution in [3.63, 3.8) is 0 Å². The molecule has 2 aromatic rings. The lowest BCUT2D eigenvalue weighted by Gasteiger charge is -2.23. The quantitative estimate of drug-likeness (QED) is 0.923. The molecule has 3 rings (SSSR count). The van der Waals surface area contributed by atoms with Crippen LogP contribution in [0.15, 0.2) is 28.8 Å². The molecule has 1 aliphatic rings. The van der Waals surface area contributed by atoms with Gasteiger partial charge in [0.2, 0.25) is 5.89 Å². The lowest BCUT2D eigenvalue weighted by Crippen LogP contribution is -2.34. The smallest absolute Gasteiger partial charge is 0.236 e. The van der Waals surface area contributed by atoms with Crippen molar-refractivity contribution in [2.75, 3.05) is 7.11 Å². The molecule has 0 saturated heterocycles. The van der Waals surface area contributed by atoms with E-state index in [2.05, 4.69) is 24.0 Å². The molecule has 0 spiro atoms. The van der Waals surface area contributed by atoms with Crippen LogP contribution in [0, 0.1) is 0 Å². The van der Waals surface area contributed by atoms with Crippen LogP contribution in [-0.4, -0.2) is 17.3 Å². The van der Waals surface area contributed by atoms with Gasteiger partial charge in [-0.2, -0.15) is 4.98 Å². The Hall–Kier alpha value is -1.59. The first-order valence-corrected chi connectivity index (χ1v) is 7.74. The summed E-state index contributed by atoms with van der Waals surface area (Å²) in [5, 5.41) is 4.17. The number of nitrogens with two attached hydrogens (primary N) is 1. The molecule has 2 N–H and O–H groups in total. The van der Waals surface area contributed by atoms with Gasteiger partial charge >= 0.3 is 0 Å². The van der Waals surface area contributed by atoms with Crippen LogP contribution in [-0.2, 0) is 11.0 Å². The third-order valence-corrected chi connectivity index (χ3v) is 4.68. The summed E-state index contributed by atoms with van der Waals surface area (Å²) in [6, 6.07) is 7.90. The summed E-state index contributed by atoms with van der Waals surface area (Å²) < 4.78 is 11.0. The molecule has 23 heavy (non-hydrogen) atoms. The minimum Gasteiger partial charge on any atom is -0.496 e. The minimum atomic E-state index is -0.438. The highest BCUT2D eigenvalue weighted by Gasteiger charge is 2.39. The number of para-hydroxylation sites is 1. The molecule has 0 unspecified atom stereocenters. The van der Waals surface area contributed by atoms with Gasteiger partial charge in [0.05, 0.1) is 18.1 Å². The van der Waals surface area contributed by atoms with Crippen molar-refractivity contribution in [1.29, 1.82) is 0 Å². The van der Waals surface area contributed by atoms with Crippen LogP contribution in [0.25, 0.3) is 0 Å². The van der Waals surface area contributed by atoms with Crippen molar-refractivity contribution in [1.82, 2.24) is 10.1 Å². The second-order valence-corrected chi connectivity index (χ2v) is 6.61. The molecule has 0 bridgehead atoms. The van der Waals surface area contributed by atoms with Crippen LogP contribution in [0.5, 0.6) is 5.75 Å². The van der Waals surface area contributed by atoms with Gasteiger partial charge < -0.3 is 15.0 Å². The standard InChI is InChI=1S/C17H23N3O2.ClH/c1-16(2,12-8-4-5-9-13(12)21-3)15-19-14(20-22-15)17(18)10-6-7-11-17;/h4-5,8-9H,6-7,10-11,18H2,1-3H3;1H. The van der Waals surface area contributed by atoms with E-state index in [0.717, 1.165) is 37.0 Å². The zero-order valence-corrected chi connectivity index (χ0v) is 14.7. The number of methoxy groups -OCH3 is 1. The Bertz CT molecular complexity index is 663. The number of benzene rings is 1. The number of ether oxygens (including phenoxy) is 1. The Morgan fingerprint density at radius 3 is 2.52 bits per heavy atom. The van der Waals surface area contributed by atoms with E-state index in [9.17, 15) is 0 Å². The highest BCUT2D eigenvalue weighted by Crippen LogP contribution is 2.39. The topological polar surface area (TPSA) is 74.2 Å². The van der Waals surface area contributed by atoms with E-state index in [1.807, 2.05) is 24.3 Å². The normalized spacial score (nSPS) is 16.9. The maximum absolute atomic E-state index is 6.42. The Morgan fingerprint density at radius 2 is 1.87 bits per heavy atom. The molecule has 1 aromatic carbocycles. The van der Waals surface area contributed by atoms with Gasteiger partial charge in [-0.05, 0) is 32.8 Å². The second kappa shape index (κ2) is 6.49. The zero-order chi connectivity index (χ0) is 15.8. The maximum atomic E-state index is 6.42. The lowest BCUT2D eigenvalue weighted by molar-refractivity contribution is 0.313. The molecule has 126 valence electrons. The van der Waals surface area contributed by atoms with Crippen LogP contribution >= 0.6 is 12.4 Å². The fourth-order valence-corrected chi connectivity index (χ4v) is 3.19. The van der Waals surface area contributed by atoms with Crippen molar-refractivity contribution in [3.8, 4) is 5.75 Å². The summed E-state index contributed by atoms with van der Waals surface area (Å²) in [6.45, 7) is 4.11. The predicted octanol–water partition coefficient (Wildman–Crippen LogP) is 3.55. The summed E-state index contributed by atoms with van der Waals surface area (Å²) in [6.07, 6.45) is 4.08. The van der Waals surface area contributed by atoms with Crippen molar-refractivity contribution in [2.24, 2.45) is 5.73 Å². The van der Waals surface area contributed by atoms with Crippen molar-refractivity contribution in [2.45, 2.75) is 50.5 Å². The average Bonchev–Trinajstić information content (AvgIpc) is 3.17. The number of hydrogen-bond donors (Lipinski definition) is 1. The molecule has 0 atom stereocenters. The fraction of sp³-hybridized carbons (Fsp3) is 0.529. The molecule has 1 heterocycles. The van der Waals surface area contributed by atoms with E-state index >= 15 is 0 Å². The van der Waals surface area contributed by atoms with Gasteiger partial charge in [-0.1, -0.05) is 36.2 Å². The number of halogens is 1. The first kappa shape index (κ1) is 17.8. The third-order valence-electron chi connectivity index (χ3n) is 4.68. The summed E-state index contributed by atoms with van der Waals surface area (Å²) in [5.74, 6) is 2.02. The SMILES string of the molecule is COc1ccccc1C(C)(C)c1nc(C2(N)CCCC2)no1.Cl. The molecular formula is C17H24ClN3O2. The molecule has 1 aliphatic carbocycles. The fourth-order valence-electron chi connectivity index (χ4n) is 3.19. The number of nitrogens with zero attached hydrogens (tertiary/aromatic N) is 2. The van der Waals surface area contributed by atoms with E-state index in [0.29, 0.717) is 11.7 Å². The molecule has 1 fully saturated rings. The Morgan fingerprint density at radius 1 is 1.22 bits per heavy atom.